The van der Waals surface area contributed by atoms with Gasteiger partial charge in [0.1, 0.15) is 11.3 Å². The second-order valence-corrected chi connectivity index (χ2v) is 5.02. The Kier molecular flexibility index (Phi) is 3.78. The van der Waals surface area contributed by atoms with Crippen molar-refractivity contribution in [2.75, 3.05) is 11.9 Å². The van der Waals surface area contributed by atoms with Gasteiger partial charge in [-0.1, -0.05) is 18.2 Å². The average molecular weight is 296 g/mol. The number of carbonyl (C=O) groups excluding carboxylic acids is 1. The summed E-state index contributed by atoms with van der Waals surface area (Å²) in [5.74, 6) is 1.09. The molecule has 0 atom stereocenters. The summed E-state index contributed by atoms with van der Waals surface area (Å²) in [5, 5.41) is 2.79. The SMILES string of the molecule is Cc1nc2cc(NC(=O)COc3ccccc3C)ccc2o1. The van der Waals surface area contributed by atoms with Crippen molar-refractivity contribution in [3.05, 3.63) is 53.9 Å². The number of nitrogens with one attached hydrogen (secondary N) is 1. The van der Waals surface area contributed by atoms with Crippen LogP contribution in [0.5, 0.6) is 5.75 Å². The van der Waals surface area contributed by atoms with Gasteiger partial charge in [0.2, 0.25) is 0 Å². The van der Waals surface area contributed by atoms with E-state index in [1.54, 1.807) is 25.1 Å². The van der Waals surface area contributed by atoms with Gasteiger partial charge in [0.05, 0.1) is 0 Å². The molecule has 22 heavy (non-hydrogen) atoms. The van der Waals surface area contributed by atoms with Crippen molar-refractivity contribution in [2.24, 2.45) is 0 Å². The first kappa shape index (κ1) is 14.1. The number of anilines is 1. The van der Waals surface area contributed by atoms with Gasteiger partial charge in [-0.25, -0.2) is 4.98 Å². The van der Waals surface area contributed by atoms with Gasteiger partial charge in [0.15, 0.2) is 18.1 Å². The zero-order valence-electron chi connectivity index (χ0n) is 12.4. The summed E-state index contributed by atoms with van der Waals surface area (Å²) in [6.07, 6.45) is 0. The maximum absolute atomic E-state index is 12.0. The number of oxazole rings is 1. The molecule has 0 saturated carbocycles. The summed E-state index contributed by atoms with van der Waals surface area (Å²) in [4.78, 5) is 16.2. The third kappa shape index (κ3) is 3.09. The quantitative estimate of drug-likeness (QED) is 0.800. The highest BCUT2D eigenvalue weighted by molar-refractivity contribution is 5.93. The molecule has 1 N–H and O–H groups in total. The fraction of sp³-hybridized carbons (Fsp3) is 0.176. The molecule has 0 unspecified atom stereocenters. The van der Waals surface area contributed by atoms with Crippen LogP contribution in [0.2, 0.25) is 0 Å². The summed E-state index contributed by atoms with van der Waals surface area (Å²) in [5.41, 5.74) is 3.08. The number of benzene rings is 2. The van der Waals surface area contributed by atoms with E-state index in [9.17, 15) is 4.79 Å². The average Bonchev–Trinajstić information content (AvgIpc) is 2.86. The Morgan fingerprint density at radius 3 is 2.86 bits per heavy atom. The number of fused-ring (bicyclic) bond motifs is 1. The van der Waals surface area contributed by atoms with E-state index in [-0.39, 0.29) is 12.5 Å². The molecule has 0 spiro atoms. The monoisotopic (exact) mass is 296 g/mol. The van der Waals surface area contributed by atoms with Crippen molar-refractivity contribution in [1.29, 1.82) is 0 Å². The van der Waals surface area contributed by atoms with Crippen molar-refractivity contribution in [2.45, 2.75) is 13.8 Å². The Hall–Kier alpha value is -2.82. The van der Waals surface area contributed by atoms with Crippen LogP contribution in [0.25, 0.3) is 11.1 Å². The highest BCUT2D eigenvalue weighted by atomic mass is 16.5. The van der Waals surface area contributed by atoms with E-state index in [1.807, 2.05) is 31.2 Å². The van der Waals surface area contributed by atoms with Crippen LogP contribution in [0.15, 0.2) is 46.9 Å². The molecule has 0 radical (unpaired) electrons. The van der Waals surface area contributed by atoms with Gasteiger partial charge >= 0.3 is 0 Å². The third-order valence-electron chi connectivity index (χ3n) is 3.23. The minimum absolute atomic E-state index is 0.0409. The van der Waals surface area contributed by atoms with Crippen LogP contribution in [-0.4, -0.2) is 17.5 Å². The van der Waals surface area contributed by atoms with E-state index in [0.29, 0.717) is 22.9 Å². The summed E-state index contributed by atoms with van der Waals surface area (Å²) in [6, 6.07) is 12.9. The number of rotatable bonds is 4. The maximum Gasteiger partial charge on any atom is 0.262 e. The molecule has 2 aromatic carbocycles. The number of hydrogen-bond donors (Lipinski definition) is 1. The molecule has 5 nitrogen and oxygen atoms in total. The molecule has 0 fully saturated rings. The largest absolute Gasteiger partial charge is 0.483 e. The fourth-order valence-electron chi connectivity index (χ4n) is 2.18. The molecule has 3 rings (SSSR count). The lowest BCUT2D eigenvalue weighted by Gasteiger charge is -2.09. The molecule has 0 aliphatic heterocycles. The number of para-hydroxylation sites is 1. The lowest BCUT2D eigenvalue weighted by atomic mass is 10.2. The van der Waals surface area contributed by atoms with Crippen LogP contribution >= 0.6 is 0 Å². The predicted octanol–water partition coefficient (Wildman–Crippen LogP) is 3.46. The van der Waals surface area contributed by atoms with Crippen LogP contribution in [0.1, 0.15) is 11.5 Å². The Morgan fingerprint density at radius 1 is 1.23 bits per heavy atom. The molecule has 0 aliphatic rings. The van der Waals surface area contributed by atoms with Gasteiger partial charge in [-0.05, 0) is 36.8 Å². The molecule has 1 heterocycles. The van der Waals surface area contributed by atoms with E-state index in [2.05, 4.69) is 10.3 Å². The van der Waals surface area contributed by atoms with Crippen molar-refractivity contribution in [1.82, 2.24) is 4.98 Å². The zero-order chi connectivity index (χ0) is 15.5. The Morgan fingerprint density at radius 2 is 2.05 bits per heavy atom. The fourth-order valence-corrected chi connectivity index (χ4v) is 2.18. The van der Waals surface area contributed by atoms with Crippen molar-refractivity contribution in [3.8, 4) is 5.75 Å². The number of hydrogen-bond acceptors (Lipinski definition) is 4. The minimum atomic E-state index is -0.220. The Balaban J connectivity index is 1.64. The Labute approximate surface area is 127 Å². The van der Waals surface area contributed by atoms with Crippen LogP contribution < -0.4 is 10.1 Å². The van der Waals surface area contributed by atoms with Crippen LogP contribution in [0.3, 0.4) is 0 Å². The number of ether oxygens (including phenoxy) is 1. The second kappa shape index (κ2) is 5.89. The Bertz CT molecular complexity index is 824. The van der Waals surface area contributed by atoms with E-state index in [0.717, 1.165) is 11.1 Å². The smallest absolute Gasteiger partial charge is 0.262 e. The highest BCUT2D eigenvalue weighted by Gasteiger charge is 2.07. The van der Waals surface area contributed by atoms with Crippen molar-refractivity contribution in [3.63, 3.8) is 0 Å². The molecule has 0 bridgehead atoms. The van der Waals surface area contributed by atoms with Gasteiger partial charge in [0, 0.05) is 12.6 Å². The third-order valence-corrected chi connectivity index (χ3v) is 3.23. The standard InChI is InChI=1S/C17H16N2O3/c1-11-5-3-4-6-15(11)21-10-17(20)19-13-7-8-16-14(9-13)18-12(2)22-16/h3-9H,10H2,1-2H3,(H,19,20). The van der Waals surface area contributed by atoms with E-state index < -0.39 is 0 Å². The zero-order valence-corrected chi connectivity index (χ0v) is 12.4. The molecule has 1 aromatic heterocycles. The van der Waals surface area contributed by atoms with Crippen molar-refractivity contribution >= 4 is 22.7 Å². The number of carbonyl (C=O) groups is 1. The van der Waals surface area contributed by atoms with Crippen molar-refractivity contribution < 1.29 is 13.9 Å². The number of aromatic nitrogens is 1. The number of aryl methyl sites for hydroxylation is 2. The van der Waals surface area contributed by atoms with E-state index >= 15 is 0 Å². The predicted molar refractivity (Wildman–Crippen MR) is 84.0 cm³/mol. The molecular weight excluding hydrogens is 280 g/mol. The van der Waals surface area contributed by atoms with Crippen LogP contribution in [0.4, 0.5) is 5.69 Å². The summed E-state index contributed by atoms with van der Waals surface area (Å²) in [7, 11) is 0. The second-order valence-electron chi connectivity index (χ2n) is 5.02. The van der Waals surface area contributed by atoms with E-state index in [4.69, 9.17) is 9.15 Å². The first-order valence-electron chi connectivity index (χ1n) is 6.97. The normalized spacial score (nSPS) is 10.6. The van der Waals surface area contributed by atoms with Gasteiger partial charge in [-0.3, -0.25) is 4.79 Å². The molecular formula is C17H16N2O3. The molecule has 3 aromatic rings. The molecule has 0 aliphatic carbocycles. The lowest BCUT2D eigenvalue weighted by Crippen LogP contribution is -2.20. The van der Waals surface area contributed by atoms with Gasteiger partial charge in [0.25, 0.3) is 5.91 Å². The highest BCUT2D eigenvalue weighted by Crippen LogP contribution is 2.20. The summed E-state index contributed by atoms with van der Waals surface area (Å²) in [6.45, 7) is 3.68. The molecule has 0 saturated heterocycles. The first-order chi connectivity index (χ1) is 10.6. The topological polar surface area (TPSA) is 64.4 Å². The molecule has 5 heteroatoms. The van der Waals surface area contributed by atoms with Crippen LogP contribution in [0, 0.1) is 13.8 Å². The summed E-state index contributed by atoms with van der Waals surface area (Å²) >= 11 is 0. The minimum Gasteiger partial charge on any atom is -0.483 e. The lowest BCUT2D eigenvalue weighted by molar-refractivity contribution is -0.118. The van der Waals surface area contributed by atoms with Gasteiger partial charge < -0.3 is 14.5 Å². The van der Waals surface area contributed by atoms with Gasteiger partial charge in [-0.2, -0.15) is 0 Å². The molecule has 112 valence electrons. The van der Waals surface area contributed by atoms with E-state index in [1.165, 1.54) is 0 Å². The first-order valence-corrected chi connectivity index (χ1v) is 6.97. The summed E-state index contributed by atoms with van der Waals surface area (Å²) < 4.78 is 10.9. The number of amides is 1. The van der Waals surface area contributed by atoms with Crippen LogP contribution in [-0.2, 0) is 4.79 Å². The number of nitrogens with zero attached hydrogens (tertiary/aromatic N) is 1. The van der Waals surface area contributed by atoms with Gasteiger partial charge in [-0.15, -0.1) is 0 Å². The maximum atomic E-state index is 12.0. The molecule has 1 amide bonds.